The number of ether oxygens (including phenoxy) is 2. The molecule has 196 valence electrons. The van der Waals surface area contributed by atoms with Gasteiger partial charge in [0.05, 0.1) is 24.8 Å². The molecule has 0 aromatic heterocycles. The van der Waals surface area contributed by atoms with E-state index in [0.717, 1.165) is 58.0 Å². The fraction of sp³-hybridized carbons (Fsp3) is 0.556. The number of nitrogens with one attached hydrogen (secondary N) is 1. The molecule has 4 heterocycles. The largest absolute Gasteiger partial charge is 0.497 e. The second-order valence-electron chi connectivity index (χ2n) is 10.2. The first kappa shape index (κ1) is 25.3. The predicted octanol–water partition coefficient (Wildman–Crippen LogP) is 2.51. The lowest BCUT2D eigenvalue weighted by Crippen LogP contribution is -2.59. The third-order valence-electron chi connectivity index (χ3n) is 8.18. The number of benzene rings is 2. The smallest absolute Gasteiger partial charge is 0.240 e. The summed E-state index contributed by atoms with van der Waals surface area (Å²) in [4.78, 5) is 7.83. The van der Waals surface area contributed by atoms with Gasteiger partial charge in [-0.3, -0.25) is 9.80 Å². The minimum absolute atomic E-state index is 0.274. The molecule has 6 rings (SSSR count). The van der Waals surface area contributed by atoms with Gasteiger partial charge in [0.15, 0.2) is 0 Å². The van der Waals surface area contributed by atoms with Gasteiger partial charge in [-0.25, -0.2) is 13.1 Å². The van der Waals surface area contributed by atoms with Crippen LogP contribution < -0.4 is 19.1 Å². The van der Waals surface area contributed by atoms with Crippen LogP contribution >= 0.6 is 0 Å². The Balaban J connectivity index is 1.11. The number of para-hydroxylation sites is 2. The number of rotatable bonds is 9. The molecule has 4 saturated heterocycles. The first-order chi connectivity index (χ1) is 17.5. The third-order valence-corrected chi connectivity index (χ3v) is 9.62. The molecule has 2 aromatic rings. The summed E-state index contributed by atoms with van der Waals surface area (Å²) >= 11 is 0. The highest BCUT2D eigenvalue weighted by Crippen LogP contribution is 2.37. The van der Waals surface area contributed by atoms with Gasteiger partial charge in [-0.2, -0.15) is 0 Å². The summed E-state index contributed by atoms with van der Waals surface area (Å²) in [6.45, 7) is 7.87. The van der Waals surface area contributed by atoms with Gasteiger partial charge in [0, 0.05) is 51.9 Å². The van der Waals surface area contributed by atoms with Gasteiger partial charge < -0.3 is 14.4 Å². The molecule has 0 aliphatic carbocycles. The Hall–Kier alpha value is -2.33. The highest BCUT2D eigenvalue weighted by atomic mass is 32.2. The van der Waals surface area contributed by atoms with E-state index in [9.17, 15) is 8.42 Å². The monoisotopic (exact) mass is 514 g/mol. The molecule has 1 N–H and O–H groups in total. The number of hydrogen-bond acceptors (Lipinski definition) is 7. The average Bonchev–Trinajstić information content (AvgIpc) is 2.93. The summed E-state index contributed by atoms with van der Waals surface area (Å²) in [5, 5.41) is 0. The van der Waals surface area contributed by atoms with Crippen molar-refractivity contribution in [2.24, 2.45) is 11.8 Å². The molecule has 0 saturated carbocycles. The van der Waals surface area contributed by atoms with E-state index in [1.807, 2.05) is 12.1 Å². The van der Waals surface area contributed by atoms with Crippen LogP contribution in [-0.2, 0) is 10.0 Å². The number of piperidine rings is 3. The van der Waals surface area contributed by atoms with E-state index in [0.29, 0.717) is 24.1 Å². The van der Waals surface area contributed by atoms with Crippen LogP contribution in [0.3, 0.4) is 0 Å². The molecule has 0 radical (unpaired) electrons. The van der Waals surface area contributed by atoms with Crippen LogP contribution in [0.2, 0.25) is 0 Å². The lowest BCUT2D eigenvalue weighted by molar-refractivity contribution is -0.0107. The van der Waals surface area contributed by atoms with Crippen LogP contribution in [0, 0.1) is 11.8 Å². The quantitative estimate of drug-likeness (QED) is 0.551. The first-order valence-electron chi connectivity index (χ1n) is 12.9. The fourth-order valence-corrected chi connectivity index (χ4v) is 7.18. The van der Waals surface area contributed by atoms with Crippen molar-refractivity contribution in [1.82, 2.24) is 14.5 Å². The number of sulfonamides is 1. The van der Waals surface area contributed by atoms with E-state index in [1.165, 1.54) is 12.1 Å². The highest BCUT2D eigenvalue weighted by Gasteiger charge is 2.41. The summed E-state index contributed by atoms with van der Waals surface area (Å²) in [6.07, 6.45) is 2.28. The van der Waals surface area contributed by atoms with E-state index in [1.54, 1.807) is 38.5 Å². The summed E-state index contributed by atoms with van der Waals surface area (Å²) in [7, 11) is -0.216. The second kappa shape index (κ2) is 11.0. The zero-order valence-electron chi connectivity index (χ0n) is 21.3. The maximum atomic E-state index is 12.8. The van der Waals surface area contributed by atoms with E-state index >= 15 is 0 Å². The van der Waals surface area contributed by atoms with Crippen LogP contribution in [0.1, 0.15) is 12.8 Å². The van der Waals surface area contributed by atoms with Crippen molar-refractivity contribution in [1.29, 1.82) is 0 Å². The number of nitrogens with zero attached hydrogens (tertiary/aromatic N) is 3. The van der Waals surface area contributed by atoms with E-state index < -0.39 is 10.0 Å². The molecule has 2 aromatic carbocycles. The Morgan fingerprint density at radius 2 is 1.69 bits per heavy atom. The van der Waals surface area contributed by atoms with Crippen molar-refractivity contribution < 1.29 is 17.9 Å². The van der Waals surface area contributed by atoms with Crippen LogP contribution in [0.4, 0.5) is 5.69 Å². The highest BCUT2D eigenvalue weighted by molar-refractivity contribution is 7.89. The zero-order chi connectivity index (χ0) is 25.1. The van der Waals surface area contributed by atoms with Gasteiger partial charge in [0.25, 0.3) is 0 Å². The Morgan fingerprint density at radius 1 is 0.944 bits per heavy atom. The van der Waals surface area contributed by atoms with Crippen molar-refractivity contribution in [3.05, 3.63) is 48.5 Å². The molecular weight excluding hydrogens is 476 g/mol. The molecule has 36 heavy (non-hydrogen) atoms. The molecule has 0 amide bonds. The number of fused-ring (bicyclic) bond motifs is 3. The molecule has 4 fully saturated rings. The zero-order valence-corrected chi connectivity index (χ0v) is 22.1. The van der Waals surface area contributed by atoms with Crippen LogP contribution in [-0.4, -0.2) is 90.8 Å². The molecule has 2 bridgehead atoms. The normalized spacial score (nSPS) is 26.7. The Morgan fingerprint density at radius 3 is 2.36 bits per heavy atom. The Labute approximate surface area is 215 Å². The number of piperazine rings is 1. The van der Waals surface area contributed by atoms with E-state index in [4.69, 9.17) is 9.47 Å². The predicted molar refractivity (Wildman–Crippen MR) is 141 cm³/mol. The molecule has 0 spiro atoms. The van der Waals surface area contributed by atoms with Crippen molar-refractivity contribution in [3.8, 4) is 11.5 Å². The van der Waals surface area contributed by atoms with Crippen molar-refractivity contribution in [2.75, 3.05) is 71.5 Å². The lowest BCUT2D eigenvalue weighted by atomic mass is 9.75. The molecule has 4 aliphatic heterocycles. The van der Waals surface area contributed by atoms with Crippen molar-refractivity contribution in [2.45, 2.75) is 23.8 Å². The topological polar surface area (TPSA) is 74.4 Å². The second-order valence-corrected chi connectivity index (χ2v) is 11.9. The van der Waals surface area contributed by atoms with Crippen molar-refractivity contribution in [3.63, 3.8) is 0 Å². The summed E-state index contributed by atoms with van der Waals surface area (Å²) in [6, 6.07) is 15.1. The first-order valence-corrected chi connectivity index (χ1v) is 14.4. The van der Waals surface area contributed by atoms with Gasteiger partial charge in [-0.05, 0) is 67.6 Å². The molecule has 4 aliphatic rings. The van der Waals surface area contributed by atoms with E-state index in [2.05, 4.69) is 31.6 Å². The average molecular weight is 515 g/mol. The molecule has 9 heteroatoms. The van der Waals surface area contributed by atoms with Gasteiger partial charge >= 0.3 is 0 Å². The van der Waals surface area contributed by atoms with Gasteiger partial charge in [0.1, 0.15) is 11.5 Å². The maximum Gasteiger partial charge on any atom is 0.240 e. The molecule has 4 atom stereocenters. The fourth-order valence-electron chi connectivity index (χ4n) is 6.11. The van der Waals surface area contributed by atoms with Gasteiger partial charge in [-0.15, -0.1) is 0 Å². The van der Waals surface area contributed by atoms with Crippen LogP contribution in [0.15, 0.2) is 53.4 Å². The summed E-state index contributed by atoms with van der Waals surface area (Å²) < 4.78 is 39.1. The molecule has 1 unspecified atom stereocenters. The Kier molecular flexibility index (Phi) is 7.71. The molecule has 8 nitrogen and oxygen atoms in total. The summed E-state index contributed by atoms with van der Waals surface area (Å²) in [5.74, 6) is 2.91. The molecular formula is C27H38N4O4S. The third kappa shape index (κ3) is 5.49. The van der Waals surface area contributed by atoms with Crippen LogP contribution in [0.5, 0.6) is 11.5 Å². The van der Waals surface area contributed by atoms with Gasteiger partial charge in [0.2, 0.25) is 10.0 Å². The van der Waals surface area contributed by atoms with Crippen LogP contribution in [0.25, 0.3) is 0 Å². The standard InChI is InChI=1S/C27H38N4O4S/c1-34-24-7-9-25(10-8-24)36(32,33)28-18-23-17-21-11-12-31(23)20-22(21)19-29-13-15-30(16-14-29)26-5-3-4-6-27(26)35-2/h3-10,21-23,28H,11-20H2,1-2H3/t21-,22-,23+/m0/s1. The number of hydrogen-bond donors (Lipinski definition) is 1. The SMILES string of the molecule is COc1ccc(S(=O)(=O)NC[C@H]2C[C@@H]3CCN2C[C@@H]3CN2CCN(c3ccccc3OC)CC2)cc1. The Bertz CT molecular complexity index is 1120. The number of methoxy groups -OCH3 is 2. The minimum Gasteiger partial charge on any atom is -0.497 e. The lowest BCUT2D eigenvalue weighted by Gasteiger charge is -2.51. The van der Waals surface area contributed by atoms with E-state index in [-0.39, 0.29) is 10.9 Å². The van der Waals surface area contributed by atoms with Gasteiger partial charge in [-0.1, -0.05) is 12.1 Å². The number of anilines is 1. The van der Waals surface area contributed by atoms with Crippen molar-refractivity contribution >= 4 is 15.7 Å². The maximum absolute atomic E-state index is 12.8. The summed E-state index contributed by atoms with van der Waals surface area (Å²) in [5.41, 5.74) is 1.18. The minimum atomic E-state index is -3.52.